The Hall–Kier alpha value is -1.08. The molecular formula is C11H6AlNOS. The quantitative estimate of drug-likeness (QED) is 0.596. The molecule has 0 unspecified atom stereocenters. The Morgan fingerprint density at radius 3 is 2.87 bits per heavy atom. The van der Waals surface area contributed by atoms with E-state index >= 15 is 0 Å². The van der Waals surface area contributed by atoms with Crippen LogP contribution in [0.5, 0.6) is 5.75 Å². The van der Waals surface area contributed by atoms with Crippen LogP contribution in [-0.2, 0) is 0 Å². The number of rotatable bonds is 1. The van der Waals surface area contributed by atoms with Gasteiger partial charge in [-0.25, -0.2) is 0 Å². The molecule has 70 valence electrons. The van der Waals surface area contributed by atoms with Gasteiger partial charge in [-0.15, -0.1) is 11.3 Å². The largest absolute Gasteiger partial charge is 0.653 e. The highest BCUT2D eigenvalue weighted by molar-refractivity contribution is 7.25. The highest BCUT2D eigenvalue weighted by Crippen LogP contribution is 2.37. The van der Waals surface area contributed by atoms with E-state index in [1.807, 2.05) is 24.4 Å². The molecule has 0 aliphatic heterocycles. The molecule has 0 aliphatic rings. The zero-order chi connectivity index (χ0) is 10.3. The fourth-order valence-electron chi connectivity index (χ4n) is 1.71. The zero-order valence-corrected chi connectivity index (χ0v) is 9.78. The first-order chi connectivity index (χ1) is 7.40. The van der Waals surface area contributed by atoms with Crippen molar-refractivity contribution in [3.8, 4) is 5.75 Å². The second-order valence-corrected chi connectivity index (χ2v) is 4.52. The lowest BCUT2D eigenvalue weighted by molar-refractivity contribution is 0.624. The van der Waals surface area contributed by atoms with Crippen LogP contribution >= 0.6 is 11.3 Å². The molecule has 3 aromatic rings. The number of benzene rings is 1. The highest BCUT2D eigenvalue weighted by Gasteiger charge is 2.08. The van der Waals surface area contributed by atoms with Gasteiger partial charge in [0.2, 0.25) is 0 Å². The van der Waals surface area contributed by atoms with E-state index in [0.29, 0.717) is 0 Å². The Morgan fingerprint density at radius 1 is 1.13 bits per heavy atom. The third-order valence-corrected chi connectivity index (χ3v) is 3.71. The van der Waals surface area contributed by atoms with E-state index in [1.165, 1.54) is 9.40 Å². The highest BCUT2D eigenvalue weighted by atomic mass is 32.1. The molecule has 0 fully saturated rings. The van der Waals surface area contributed by atoms with Gasteiger partial charge in [0.25, 0.3) is 0 Å². The van der Waals surface area contributed by atoms with Crippen molar-refractivity contribution >= 4 is 48.3 Å². The van der Waals surface area contributed by atoms with E-state index in [2.05, 4.69) is 33.7 Å². The smallest absolute Gasteiger partial charge is 0.482 e. The molecule has 0 amide bonds. The molecule has 2 aromatic heterocycles. The van der Waals surface area contributed by atoms with Crippen LogP contribution in [0.3, 0.4) is 0 Å². The molecule has 15 heavy (non-hydrogen) atoms. The maximum Gasteiger partial charge on any atom is 0.482 e. The first-order valence-corrected chi connectivity index (χ1v) is 5.82. The van der Waals surface area contributed by atoms with Crippen molar-refractivity contribution in [1.29, 1.82) is 0 Å². The third-order valence-electron chi connectivity index (χ3n) is 2.34. The summed E-state index contributed by atoms with van der Waals surface area (Å²) in [4.78, 5) is 4.40. The molecule has 0 N–H and O–H groups in total. The van der Waals surface area contributed by atoms with Crippen LogP contribution in [0.2, 0.25) is 0 Å². The summed E-state index contributed by atoms with van der Waals surface area (Å²) in [5.41, 5.74) is 1.02. The minimum absolute atomic E-state index is 0.863. The van der Waals surface area contributed by atoms with Gasteiger partial charge in [-0.1, -0.05) is 6.07 Å². The monoisotopic (exact) mass is 227 g/mol. The average Bonchev–Trinajstić information content (AvgIpc) is 2.67. The van der Waals surface area contributed by atoms with Gasteiger partial charge in [0.1, 0.15) is 0 Å². The SMILES string of the molecule is [Al][O]c1cccc2sc3cccnc3c12. The van der Waals surface area contributed by atoms with Crippen LogP contribution in [-0.4, -0.2) is 21.6 Å². The molecule has 0 atom stereocenters. The normalized spacial score (nSPS) is 10.9. The minimum Gasteiger partial charge on any atom is -0.653 e. The predicted molar refractivity (Wildman–Crippen MR) is 63.5 cm³/mol. The lowest BCUT2D eigenvalue weighted by atomic mass is 10.2. The van der Waals surface area contributed by atoms with Crippen molar-refractivity contribution < 1.29 is 3.79 Å². The standard InChI is InChI=1S/C11H7NOS.Al/c13-7-3-1-4-8-10(7)11-9(14-8)5-2-6-12-11;/h1-6,13H;/q;+1/p-1. The van der Waals surface area contributed by atoms with Crippen molar-refractivity contribution in [3.05, 3.63) is 36.5 Å². The molecule has 1 aromatic carbocycles. The number of aromatic nitrogens is 1. The van der Waals surface area contributed by atoms with Crippen LogP contribution < -0.4 is 3.79 Å². The summed E-state index contributed by atoms with van der Waals surface area (Å²) in [7, 11) is 0. The molecule has 0 bridgehead atoms. The molecular weight excluding hydrogens is 221 g/mol. The summed E-state index contributed by atoms with van der Waals surface area (Å²) in [5, 5.41) is 1.10. The molecule has 3 rings (SSSR count). The Balaban J connectivity index is 2.56. The predicted octanol–water partition coefficient (Wildman–Crippen LogP) is 2.91. The fourth-order valence-corrected chi connectivity index (χ4v) is 2.98. The van der Waals surface area contributed by atoms with Crippen LogP contribution in [0.15, 0.2) is 36.5 Å². The van der Waals surface area contributed by atoms with Crippen molar-refractivity contribution in [1.82, 2.24) is 4.98 Å². The third kappa shape index (κ3) is 1.34. The van der Waals surface area contributed by atoms with Gasteiger partial charge in [-0.2, -0.15) is 0 Å². The fraction of sp³-hybridized carbons (Fsp3) is 0. The summed E-state index contributed by atoms with van der Waals surface area (Å²) in [6, 6.07) is 10.1. The number of nitrogens with zero attached hydrogens (tertiary/aromatic N) is 1. The van der Waals surface area contributed by atoms with E-state index in [9.17, 15) is 0 Å². The Kier molecular flexibility index (Phi) is 2.14. The second-order valence-electron chi connectivity index (χ2n) is 3.20. The number of pyridine rings is 1. The summed E-state index contributed by atoms with van der Waals surface area (Å²) < 4.78 is 7.69. The summed E-state index contributed by atoms with van der Waals surface area (Å²) in [6.07, 6.45) is 1.81. The van der Waals surface area contributed by atoms with Crippen LogP contribution in [0, 0.1) is 0 Å². The van der Waals surface area contributed by atoms with E-state index < -0.39 is 0 Å². The van der Waals surface area contributed by atoms with Crippen LogP contribution in [0.4, 0.5) is 0 Å². The van der Waals surface area contributed by atoms with Crippen molar-refractivity contribution in [3.63, 3.8) is 0 Å². The van der Waals surface area contributed by atoms with Crippen LogP contribution in [0.1, 0.15) is 0 Å². The van der Waals surface area contributed by atoms with E-state index in [1.54, 1.807) is 11.3 Å². The molecule has 2 heterocycles. The summed E-state index contributed by atoms with van der Waals surface area (Å²) in [6.45, 7) is 0. The number of hydrogen-bond donors (Lipinski definition) is 0. The lowest BCUT2D eigenvalue weighted by Gasteiger charge is -2.03. The maximum absolute atomic E-state index is 5.28. The number of hydrogen-bond acceptors (Lipinski definition) is 3. The van der Waals surface area contributed by atoms with Gasteiger partial charge in [-0.3, -0.25) is 4.98 Å². The Bertz CT molecular complexity index is 635. The molecule has 2 radical (unpaired) electrons. The van der Waals surface area contributed by atoms with E-state index in [-0.39, 0.29) is 0 Å². The van der Waals surface area contributed by atoms with Gasteiger partial charge >= 0.3 is 16.6 Å². The van der Waals surface area contributed by atoms with Crippen molar-refractivity contribution in [2.75, 3.05) is 0 Å². The Morgan fingerprint density at radius 2 is 2.00 bits per heavy atom. The van der Waals surface area contributed by atoms with Crippen molar-refractivity contribution in [2.45, 2.75) is 0 Å². The maximum atomic E-state index is 5.28. The van der Waals surface area contributed by atoms with Gasteiger partial charge in [0.15, 0.2) is 0 Å². The first kappa shape index (κ1) is 9.17. The van der Waals surface area contributed by atoms with E-state index in [4.69, 9.17) is 3.79 Å². The van der Waals surface area contributed by atoms with Crippen LogP contribution in [0.25, 0.3) is 20.3 Å². The molecule has 0 aliphatic carbocycles. The second kappa shape index (κ2) is 3.50. The number of thiophene rings is 1. The van der Waals surface area contributed by atoms with Gasteiger partial charge < -0.3 is 3.79 Å². The molecule has 0 saturated carbocycles. The Labute approximate surface area is 99.3 Å². The van der Waals surface area contributed by atoms with Gasteiger partial charge in [0.05, 0.1) is 21.4 Å². The molecule has 0 saturated heterocycles. The number of fused-ring (bicyclic) bond motifs is 3. The van der Waals surface area contributed by atoms with E-state index in [0.717, 1.165) is 16.7 Å². The molecule has 4 heteroatoms. The average molecular weight is 227 g/mol. The molecule has 0 spiro atoms. The van der Waals surface area contributed by atoms with Gasteiger partial charge in [0, 0.05) is 10.9 Å². The zero-order valence-electron chi connectivity index (χ0n) is 7.81. The lowest BCUT2D eigenvalue weighted by Crippen LogP contribution is -1.85. The molecule has 2 nitrogen and oxygen atoms in total. The topological polar surface area (TPSA) is 22.1 Å². The van der Waals surface area contributed by atoms with Crippen molar-refractivity contribution in [2.24, 2.45) is 0 Å². The summed E-state index contributed by atoms with van der Waals surface area (Å²) >= 11 is 4.03. The van der Waals surface area contributed by atoms with Gasteiger partial charge in [-0.05, 0) is 24.3 Å². The minimum atomic E-state index is 0.863. The first-order valence-electron chi connectivity index (χ1n) is 4.53. The summed E-state index contributed by atoms with van der Waals surface area (Å²) in [5.74, 6) is 0.863.